The maximum Gasteiger partial charge on any atom is 0.123 e. The molecule has 0 bridgehead atoms. The van der Waals surface area contributed by atoms with Crippen molar-refractivity contribution in [3.63, 3.8) is 0 Å². The lowest BCUT2D eigenvalue weighted by atomic mass is 10.00. The predicted octanol–water partition coefficient (Wildman–Crippen LogP) is 3.77. The highest BCUT2D eigenvalue weighted by atomic mass is 19.1. The fourth-order valence-corrected chi connectivity index (χ4v) is 2.41. The maximum absolute atomic E-state index is 12.0. The quantitative estimate of drug-likeness (QED) is 0.496. The molecule has 3 aromatic carbocycles. The van der Waals surface area contributed by atoms with Crippen LogP contribution in [0.5, 0.6) is 0 Å². The van der Waals surface area contributed by atoms with Gasteiger partial charge in [-0.05, 0) is 47.9 Å². The van der Waals surface area contributed by atoms with Crippen LogP contribution in [0.2, 0.25) is 0 Å². The Morgan fingerprint density at radius 2 is 1.31 bits per heavy atom. The van der Waals surface area contributed by atoms with Crippen molar-refractivity contribution in [3.05, 3.63) is 95.8 Å². The average molecular weight is 394 g/mol. The van der Waals surface area contributed by atoms with Crippen LogP contribution in [0.1, 0.15) is 11.1 Å². The van der Waals surface area contributed by atoms with Crippen LogP contribution in [0, 0.1) is 12.7 Å². The summed E-state index contributed by atoms with van der Waals surface area (Å²) in [6.07, 6.45) is 3.44. The Balaban J connectivity index is 0.000000313. The Morgan fingerprint density at radius 3 is 1.76 bits per heavy atom. The summed E-state index contributed by atoms with van der Waals surface area (Å²) in [4.78, 5) is 0. The first kappa shape index (κ1) is 22.3. The molecule has 3 rings (SSSR count). The van der Waals surface area contributed by atoms with Gasteiger partial charge in [-0.15, -0.1) is 0 Å². The number of hydrogen-bond acceptors (Lipinski definition) is 4. The molecule has 0 fully saturated rings. The molecule has 152 valence electrons. The van der Waals surface area contributed by atoms with Crippen molar-refractivity contribution in [1.82, 2.24) is 0 Å². The van der Waals surface area contributed by atoms with Crippen molar-refractivity contribution in [2.24, 2.45) is 5.73 Å². The molecule has 0 amide bonds. The molecule has 0 aliphatic rings. The molecular weight excluding hydrogens is 367 g/mol. The molecule has 6 N–H and O–H groups in total. The van der Waals surface area contributed by atoms with Crippen molar-refractivity contribution in [1.29, 1.82) is 0 Å². The Morgan fingerprint density at radius 1 is 0.828 bits per heavy atom. The summed E-state index contributed by atoms with van der Waals surface area (Å²) < 4.78 is 12.0. The summed E-state index contributed by atoms with van der Waals surface area (Å²) in [5.41, 5.74) is 15.1. The lowest BCUT2D eigenvalue weighted by Crippen LogP contribution is -2.45. The van der Waals surface area contributed by atoms with Gasteiger partial charge in [0, 0.05) is 5.69 Å². The molecular formula is C24H27FN2O2. The number of aliphatic hydroxyl groups is 2. The molecule has 0 radical (unpaired) electrons. The molecule has 5 heteroatoms. The number of nitrogen functional groups attached to an aromatic ring is 1. The lowest BCUT2D eigenvalue weighted by Gasteiger charge is -2.19. The molecule has 29 heavy (non-hydrogen) atoms. The summed E-state index contributed by atoms with van der Waals surface area (Å²) >= 11 is 0. The van der Waals surface area contributed by atoms with Crippen LogP contribution in [-0.4, -0.2) is 29.0 Å². The number of aliphatic hydroxyl groups excluding tert-OH is 2. The van der Waals surface area contributed by atoms with Gasteiger partial charge in [0.15, 0.2) is 0 Å². The van der Waals surface area contributed by atoms with Gasteiger partial charge in [0.1, 0.15) is 5.82 Å². The summed E-state index contributed by atoms with van der Waals surface area (Å²) in [6, 6.07) is 22.1. The van der Waals surface area contributed by atoms with Crippen molar-refractivity contribution >= 4 is 11.8 Å². The van der Waals surface area contributed by atoms with Gasteiger partial charge in [-0.25, -0.2) is 4.39 Å². The highest BCUT2D eigenvalue weighted by molar-refractivity contribution is 5.66. The number of hydrogen-bond donors (Lipinski definition) is 4. The molecule has 0 aromatic heterocycles. The van der Waals surface area contributed by atoms with Gasteiger partial charge in [0.05, 0.1) is 18.8 Å². The Kier molecular flexibility index (Phi) is 8.09. The minimum Gasteiger partial charge on any atom is -0.399 e. The summed E-state index contributed by atoms with van der Waals surface area (Å²) in [7, 11) is 0. The van der Waals surface area contributed by atoms with E-state index in [1.165, 1.54) is 35.4 Å². The third-order valence-corrected chi connectivity index (χ3v) is 4.36. The summed E-state index contributed by atoms with van der Waals surface area (Å²) in [6.45, 7) is 1.49. The lowest BCUT2D eigenvalue weighted by molar-refractivity contribution is 0.152. The Bertz CT molecular complexity index is 880. The number of benzene rings is 3. The van der Waals surface area contributed by atoms with E-state index >= 15 is 0 Å². The van der Waals surface area contributed by atoms with Crippen molar-refractivity contribution in [2.45, 2.75) is 12.5 Å². The number of halogens is 1. The van der Waals surface area contributed by atoms with Gasteiger partial charge >= 0.3 is 0 Å². The smallest absolute Gasteiger partial charge is 0.123 e. The summed E-state index contributed by atoms with van der Waals surface area (Å²) in [5.74, 6) is -0.251. The molecule has 0 heterocycles. The topological polar surface area (TPSA) is 92.5 Å². The second kappa shape index (κ2) is 10.5. The third kappa shape index (κ3) is 7.16. The minimum absolute atomic E-state index is 0.251. The van der Waals surface area contributed by atoms with E-state index in [-0.39, 0.29) is 19.0 Å². The first-order valence-corrected chi connectivity index (χ1v) is 9.23. The standard InChI is InChI=1S/C18H21NO2.C6H6FN/c1-14-2-6-16(7-3-14)17-8-4-15(5-9-17)10-11-18(19,12-20)13-21;7-5-1-3-6(8)4-2-5/h2-11,20-21H,12-13,19H2,1H3;1-4H,8H2/b11-10+;. The number of anilines is 1. The van der Waals surface area contributed by atoms with E-state index in [2.05, 4.69) is 31.2 Å². The number of nitrogens with two attached hydrogens (primary N) is 2. The van der Waals surface area contributed by atoms with Gasteiger partial charge in [0.25, 0.3) is 0 Å². The van der Waals surface area contributed by atoms with Crippen LogP contribution in [-0.2, 0) is 0 Å². The average Bonchev–Trinajstić information content (AvgIpc) is 2.75. The van der Waals surface area contributed by atoms with Gasteiger partial charge in [-0.3, -0.25) is 0 Å². The van der Waals surface area contributed by atoms with E-state index in [9.17, 15) is 4.39 Å². The fourth-order valence-electron chi connectivity index (χ4n) is 2.41. The van der Waals surface area contributed by atoms with E-state index in [0.29, 0.717) is 5.69 Å². The van der Waals surface area contributed by atoms with Crippen LogP contribution in [0.25, 0.3) is 17.2 Å². The molecule has 0 aliphatic heterocycles. The van der Waals surface area contributed by atoms with E-state index < -0.39 is 5.54 Å². The van der Waals surface area contributed by atoms with Crippen LogP contribution < -0.4 is 11.5 Å². The Hall–Kier alpha value is -2.99. The minimum atomic E-state index is -1.07. The SMILES string of the molecule is Cc1ccc(-c2ccc(/C=C/C(N)(CO)CO)cc2)cc1.Nc1ccc(F)cc1. The highest BCUT2D eigenvalue weighted by Crippen LogP contribution is 2.21. The van der Waals surface area contributed by atoms with E-state index in [1.54, 1.807) is 6.08 Å². The second-order valence-electron chi connectivity index (χ2n) is 6.92. The van der Waals surface area contributed by atoms with Crippen LogP contribution in [0.3, 0.4) is 0 Å². The van der Waals surface area contributed by atoms with Crippen LogP contribution in [0.4, 0.5) is 10.1 Å². The normalized spacial score (nSPS) is 11.2. The number of rotatable bonds is 5. The molecule has 0 saturated heterocycles. The fraction of sp³-hybridized carbons (Fsp3) is 0.167. The molecule has 0 atom stereocenters. The monoisotopic (exact) mass is 394 g/mol. The largest absolute Gasteiger partial charge is 0.399 e. The first-order valence-electron chi connectivity index (χ1n) is 9.23. The second-order valence-corrected chi connectivity index (χ2v) is 6.92. The van der Waals surface area contributed by atoms with Crippen LogP contribution >= 0.6 is 0 Å². The van der Waals surface area contributed by atoms with Gasteiger partial charge in [0.2, 0.25) is 0 Å². The van der Waals surface area contributed by atoms with Crippen molar-refractivity contribution < 1.29 is 14.6 Å². The Labute approximate surface area is 170 Å². The van der Waals surface area contributed by atoms with E-state index in [0.717, 1.165) is 11.1 Å². The van der Waals surface area contributed by atoms with Gasteiger partial charge in [-0.2, -0.15) is 0 Å². The maximum atomic E-state index is 12.0. The van der Waals surface area contributed by atoms with E-state index in [4.69, 9.17) is 21.7 Å². The predicted molar refractivity (Wildman–Crippen MR) is 118 cm³/mol. The van der Waals surface area contributed by atoms with Gasteiger partial charge < -0.3 is 21.7 Å². The zero-order valence-electron chi connectivity index (χ0n) is 16.4. The van der Waals surface area contributed by atoms with Crippen molar-refractivity contribution in [2.75, 3.05) is 18.9 Å². The van der Waals surface area contributed by atoms with Crippen LogP contribution in [0.15, 0.2) is 78.9 Å². The molecule has 3 aromatic rings. The molecule has 0 aliphatic carbocycles. The van der Waals surface area contributed by atoms with Gasteiger partial charge in [-0.1, -0.05) is 66.2 Å². The molecule has 0 spiro atoms. The third-order valence-electron chi connectivity index (χ3n) is 4.36. The zero-order valence-corrected chi connectivity index (χ0v) is 16.4. The molecule has 0 unspecified atom stereocenters. The van der Waals surface area contributed by atoms with Crippen molar-refractivity contribution in [3.8, 4) is 11.1 Å². The molecule has 0 saturated carbocycles. The molecule has 4 nitrogen and oxygen atoms in total. The zero-order chi connectivity index (χ0) is 21.3. The van der Waals surface area contributed by atoms with E-state index in [1.807, 2.05) is 30.3 Å². The summed E-state index contributed by atoms with van der Waals surface area (Å²) in [5, 5.41) is 18.3. The number of aryl methyl sites for hydroxylation is 1. The first-order chi connectivity index (χ1) is 13.8. The highest BCUT2D eigenvalue weighted by Gasteiger charge is 2.18.